The molecule has 0 aliphatic rings. The van der Waals surface area contributed by atoms with Crippen molar-refractivity contribution >= 4 is 11.8 Å². The highest BCUT2D eigenvalue weighted by Gasteiger charge is 2.14. The van der Waals surface area contributed by atoms with E-state index < -0.39 is 0 Å². The summed E-state index contributed by atoms with van der Waals surface area (Å²) in [5, 5.41) is 0.522. The first-order valence-electron chi connectivity index (χ1n) is 7.82. The molecular weight excluding hydrogens is 274 g/mol. The van der Waals surface area contributed by atoms with E-state index in [0.717, 1.165) is 19.6 Å². The van der Waals surface area contributed by atoms with E-state index in [1.165, 1.54) is 16.9 Å². The Morgan fingerprint density at radius 3 is 2.00 bits per heavy atom. The highest BCUT2D eigenvalue weighted by Crippen LogP contribution is 2.37. The van der Waals surface area contributed by atoms with Gasteiger partial charge in [0.1, 0.15) is 0 Å². The minimum atomic E-state index is 0.522. The maximum atomic E-state index is 2.50. The molecular formula is C19H25NS. The molecule has 0 heterocycles. The summed E-state index contributed by atoms with van der Waals surface area (Å²) in [5.41, 5.74) is 1.43. The van der Waals surface area contributed by atoms with Crippen LogP contribution in [0.4, 0.5) is 0 Å². The van der Waals surface area contributed by atoms with Gasteiger partial charge in [-0.1, -0.05) is 62.4 Å². The van der Waals surface area contributed by atoms with Gasteiger partial charge in [0.25, 0.3) is 0 Å². The molecule has 2 rings (SSSR count). The van der Waals surface area contributed by atoms with E-state index in [4.69, 9.17) is 0 Å². The zero-order valence-electron chi connectivity index (χ0n) is 13.0. The van der Waals surface area contributed by atoms with Crippen LogP contribution in [0.5, 0.6) is 0 Å². The zero-order valence-corrected chi connectivity index (χ0v) is 13.9. The molecule has 0 fully saturated rings. The standard InChI is InChI=1S/C19H25NS/c1-3-20(4-2)16-15-19(17-11-7-5-8-12-17)21-18-13-9-6-10-14-18/h5-14,19H,3-4,15-16H2,1-2H3. The van der Waals surface area contributed by atoms with Crippen LogP contribution in [0.15, 0.2) is 65.6 Å². The predicted molar refractivity (Wildman–Crippen MR) is 93.9 cm³/mol. The SMILES string of the molecule is CCN(CC)CCC(Sc1ccccc1)c1ccccc1. The van der Waals surface area contributed by atoms with Crippen LogP contribution in [0.2, 0.25) is 0 Å². The molecule has 0 bridgehead atoms. The van der Waals surface area contributed by atoms with Crippen molar-refractivity contribution in [3.63, 3.8) is 0 Å². The molecule has 0 N–H and O–H groups in total. The van der Waals surface area contributed by atoms with Crippen LogP contribution in [-0.2, 0) is 0 Å². The molecule has 2 aromatic rings. The lowest BCUT2D eigenvalue weighted by atomic mass is 10.1. The van der Waals surface area contributed by atoms with Crippen molar-refractivity contribution in [3.05, 3.63) is 66.2 Å². The fourth-order valence-corrected chi connectivity index (χ4v) is 3.62. The average Bonchev–Trinajstić information content (AvgIpc) is 2.56. The Kier molecular flexibility index (Phi) is 6.84. The van der Waals surface area contributed by atoms with E-state index in [0.29, 0.717) is 5.25 Å². The Hall–Kier alpha value is -1.25. The van der Waals surface area contributed by atoms with Gasteiger partial charge in [-0.3, -0.25) is 0 Å². The summed E-state index contributed by atoms with van der Waals surface area (Å²) < 4.78 is 0. The first-order valence-corrected chi connectivity index (χ1v) is 8.70. The first-order chi connectivity index (χ1) is 10.3. The fraction of sp³-hybridized carbons (Fsp3) is 0.368. The summed E-state index contributed by atoms with van der Waals surface area (Å²) in [7, 11) is 0. The minimum Gasteiger partial charge on any atom is -0.304 e. The molecule has 1 nitrogen and oxygen atoms in total. The molecule has 0 aromatic heterocycles. The van der Waals surface area contributed by atoms with E-state index in [-0.39, 0.29) is 0 Å². The topological polar surface area (TPSA) is 3.24 Å². The molecule has 0 saturated heterocycles. The van der Waals surface area contributed by atoms with E-state index in [9.17, 15) is 0 Å². The Morgan fingerprint density at radius 2 is 1.43 bits per heavy atom. The van der Waals surface area contributed by atoms with Gasteiger partial charge < -0.3 is 4.90 Å². The van der Waals surface area contributed by atoms with Gasteiger partial charge in [-0.15, -0.1) is 11.8 Å². The normalized spacial score (nSPS) is 12.5. The first kappa shape index (κ1) is 16.1. The third kappa shape index (κ3) is 5.22. The molecule has 1 unspecified atom stereocenters. The number of rotatable bonds is 8. The van der Waals surface area contributed by atoms with Crippen molar-refractivity contribution < 1.29 is 0 Å². The Labute approximate surface area is 133 Å². The van der Waals surface area contributed by atoms with Gasteiger partial charge in [0.05, 0.1) is 0 Å². The Bertz CT molecular complexity index is 493. The van der Waals surface area contributed by atoms with Crippen LogP contribution in [0.3, 0.4) is 0 Å². The van der Waals surface area contributed by atoms with Crippen molar-refractivity contribution in [1.82, 2.24) is 4.90 Å². The van der Waals surface area contributed by atoms with E-state index >= 15 is 0 Å². The van der Waals surface area contributed by atoms with Crippen LogP contribution >= 0.6 is 11.8 Å². The highest BCUT2D eigenvalue weighted by atomic mass is 32.2. The molecule has 0 radical (unpaired) electrons. The lowest BCUT2D eigenvalue weighted by molar-refractivity contribution is 0.299. The number of nitrogens with zero attached hydrogens (tertiary/aromatic N) is 1. The second kappa shape index (κ2) is 8.91. The van der Waals surface area contributed by atoms with Gasteiger partial charge in [-0.05, 0) is 43.8 Å². The number of hydrogen-bond donors (Lipinski definition) is 0. The summed E-state index contributed by atoms with van der Waals surface area (Å²) in [5.74, 6) is 0. The summed E-state index contributed by atoms with van der Waals surface area (Å²) in [6.45, 7) is 7.91. The summed E-state index contributed by atoms with van der Waals surface area (Å²) in [6, 6.07) is 21.6. The van der Waals surface area contributed by atoms with Gasteiger partial charge in [0, 0.05) is 10.1 Å². The number of thioether (sulfide) groups is 1. The molecule has 0 aliphatic carbocycles. The maximum Gasteiger partial charge on any atom is 0.0356 e. The molecule has 112 valence electrons. The fourth-order valence-electron chi connectivity index (χ4n) is 2.46. The molecule has 2 heteroatoms. The lowest BCUT2D eigenvalue weighted by Crippen LogP contribution is -2.24. The van der Waals surface area contributed by atoms with Crippen LogP contribution in [-0.4, -0.2) is 24.5 Å². The van der Waals surface area contributed by atoms with Crippen LogP contribution < -0.4 is 0 Å². The van der Waals surface area contributed by atoms with Gasteiger partial charge in [0.15, 0.2) is 0 Å². The average molecular weight is 299 g/mol. The Balaban J connectivity index is 2.07. The molecule has 0 aliphatic heterocycles. The van der Waals surface area contributed by atoms with E-state index in [2.05, 4.69) is 79.4 Å². The second-order valence-corrected chi connectivity index (χ2v) is 6.42. The monoisotopic (exact) mass is 299 g/mol. The molecule has 2 aromatic carbocycles. The van der Waals surface area contributed by atoms with E-state index in [1.807, 2.05) is 11.8 Å². The third-order valence-electron chi connectivity index (χ3n) is 3.79. The van der Waals surface area contributed by atoms with Crippen molar-refractivity contribution in [2.75, 3.05) is 19.6 Å². The molecule has 21 heavy (non-hydrogen) atoms. The maximum absolute atomic E-state index is 2.50. The van der Waals surface area contributed by atoms with Gasteiger partial charge in [0.2, 0.25) is 0 Å². The molecule has 0 saturated carbocycles. The smallest absolute Gasteiger partial charge is 0.0356 e. The van der Waals surface area contributed by atoms with Crippen LogP contribution in [0, 0.1) is 0 Å². The number of hydrogen-bond acceptors (Lipinski definition) is 2. The van der Waals surface area contributed by atoms with Crippen molar-refractivity contribution in [3.8, 4) is 0 Å². The van der Waals surface area contributed by atoms with E-state index in [1.54, 1.807) is 0 Å². The van der Waals surface area contributed by atoms with Crippen LogP contribution in [0.1, 0.15) is 31.1 Å². The Morgan fingerprint density at radius 1 is 0.857 bits per heavy atom. The van der Waals surface area contributed by atoms with Crippen molar-refractivity contribution in [2.45, 2.75) is 30.4 Å². The zero-order chi connectivity index (χ0) is 14.9. The van der Waals surface area contributed by atoms with Crippen LogP contribution in [0.25, 0.3) is 0 Å². The third-order valence-corrected chi connectivity index (χ3v) is 5.13. The minimum absolute atomic E-state index is 0.522. The van der Waals surface area contributed by atoms with Crippen molar-refractivity contribution in [2.24, 2.45) is 0 Å². The van der Waals surface area contributed by atoms with Gasteiger partial charge in [-0.2, -0.15) is 0 Å². The molecule has 1 atom stereocenters. The summed E-state index contributed by atoms with van der Waals surface area (Å²) >= 11 is 1.98. The molecule has 0 spiro atoms. The van der Waals surface area contributed by atoms with Gasteiger partial charge in [-0.25, -0.2) is 0 Å². The summed E-state index contributed by atoms with van der Waals surface area (Å²) in [4.78, 5) is 3.85. The highest BCUT2D eigenvalue weighted by molar-refractivity contribution is 7.99. The molecule has 0 amide bonds. The second-order valence-electron chi connectivity index (χ2n) is 5.15. The quantitative estimate of drug-likeness (QED) is 0.612. The largest absolute Gasteiger partial charge is 0.304 e. The van der Waals surface area contributed by atoms with Crippen molar-refractivity contribution in [1.29, 1.82) is 0 Å². The predicted octanol–water partition coefficient (Wildman–Crippen LogP) is 5.25. The van der Waals surface area contributed by atoms with Gasteiger partial charge >= 0.3 is 0 Å². The lowest BCUT2D eigenvalue weighted by Gasteiger charge is -2.23. The summed E-state index contributed by atoms with van der Waals surface area (Å²) in [6.07, 6.45) is 1.19. The number of benzene rings is 2.